The van der Waals surface area contributed by atoms with Crippen LogP contribution in [-0.2, 0) is 31.3 Å². The summed E-state index contributed by atoms with van der Waals surface area (Å²) in [5.41, 5.74) is 8.97. The van der Waals surface area contributed by atoms with Gasteiger partial charge in [-0.05, 0) is 61.9 Å². The van der Waals surface area contributed by atoms with Crippen LogP contribution in [0.2, 0.25) is 0 Å². The fraction of sp³-hybridized carbons (Fsp3) is 0.265. The van der Waals surface area contributed by atoms with Gasteiger partial charge in [-0.25, -0.2) is 17.4 Å². The maximum atomic E-state index is 13.9. The fourth-order valence-electron chi connectivity index (χ4n) is 5.93. The molecule has 0 radical (unpaired) electrons. The summed E-state index contributed by atoms with van der Waals surface area (Å²) < 4.78 is 73.3. The third kappa shape index (κ3) is 6.44. The van der Waals surface area contributed by atoms with E-state index in [1.807, 2.05) is 13.8 Å². The summed E-state index contributed by atoms with van der Waals surface area (Å²) in [6.07, 6.45) is -2.06. The Morgan fingerprint density at radius 2 is 1.58 bits per heavy atom. The van der Waals surface area contributed by atoms with Crippen molar-refractivity contribution in [2.45, 2.75) is 54.6 Å². The quantitative estimate of drug-likeness (QED) is 0.139. The predicted octanol–water partition coefficient (Wildman–Crippen LogP) is 2.22. The number of hydrogen-bond acceptors (Lipinski definition) is 14. The number of nitrogens with zero attached hydrogens (tertiary/aromatic N) is 5. The maximum absolute atomic E-state index is 13.9. The Kier molecular flexibility index (Phi) is 9.14. The van der Waals surface area contributed by atoms with Crippen LogP contribution < -0.4 is 14.7 Å². The molecule has 1 fully saturated rings. The van der Waals surface area contributed by atoms with Crippen molar-refractivity contribution < 1.29 is 45.8 Å². The monoisotopic (exact) mass is 750 g/mol. The second-order valence-corrected chi connectivity index (χ2v) is 15.7. The highest BCUT2D eigenvalue weighted by Gasteiger charge is 2.44. The molecule has 18 heteroatoms. The number of imidazole rings is 1. The lowest BCUT2D eigenvalue weighted by Gasteiger charge is -2.16. The minimum absolute atomic E-state index is 0.0274. The molecule has 0 unspecified atom stereocenters. The summed E-state index contributed by atoms with van der Waals surface area (Å²) in [6, 6.07) is 16.7. The molecule has 52 heavy (non-hydrogen) atoms. The molecule has 4 heterocycles. The molecule has 272 valence electrons. The zero-order valence-electron chi connectivity index (χ0n) is 27.8. The van der Waals surface area contributed by atoms with Crippen molar-refractivity contribution in [3.63, 3.8) is 0 Å². The predicted molar refractivity (Wildman–Crippen MR) is 187 cm³/mol. The number of anilines is 1. The lowest BCUT2D eigenvalue weighted by atomic mass is 10.1. The van der Waals surface area contributed by atoms with Gasteiger partial charge in [0.2, 0.25) is 0 Å². The molecule has 0 bridgehead atoms. The van der Waals surface area contributed by atoms with E-state index in [1.54, 1.807) is 24.3 Å². The van der Waals surface area contributed by atoms with Gasteiger partial charge in [-0.3, -0.25) is 4.57 Å². The topological polar surface area (TPSA) is 231 Å². The van der Waals surface area contributed by atoms with E-state index in [4.69, 9.17) is 19.4 Å². The van der Waals surface area contributed by atoms with E-state index in [0.29, 0.717) is 10.9 Å². The first-order valence-electron chi connectivity index (χ1n) is 16.0. The SMILES string of the molecule is Cc1ccc(S(=O)(=O)Oc2ccc3c(c2)c(CCOc2nc(N)c4ncn([C@@H]5O[C@H](CO)[C@@H](O)[C@H]5O)c4n2)cn3S(=O)(=O)c2ccc(C)cc2)cc1. The number of nitrogens with two attached hydrogens (primary N) is 1. The number of fused-ring (bicyclic) bond motifs is 2. The van der Waals surface area contributed by atoms with Crippen LogP contribution >= 0.6 is 0 Å². The number of aryl methyl sites for hydroxylation is 2. The molecule has 3 aromatic heterocycles. The van der Waals surface area contributed by atoms with Crippen molar-refractivity contribution in [2.75, 3.05) is 18.9 Å². The number of hydrogen-bond donors (Lipinski definition) is 4. The summed E-state index contributed by atoms with van der Waals surface area (Å²) in [5, 5.41) is 30.7. The first-order chi connectivity index (χ1) is 24.8. The largest absolute Gasteiger partial charge is 0.463 e. The summed E-state index contributed by atoms with van der Waals surface area (Å²) in [6.45, 7) is 3.07. The van der Waals surface area contributed by atoms with Crippen molar-refractivity contribution in [1.29, 1.82) is 0 Å². The zero-order chi connectivity index (χ0) is 36.9. The highest BCUT2D eigenvalue weighted by molar-refractivity contribution is 7.90. The molecule has 16 nitrogen and oxygen atoms in total. The van der Waals surface area contributed by atoms with Crippen LogP contribution in [0.3, 0.4) is 0 Å². The van der Waals surface area contributed by atoms with Crippen molar-refractivity contribution in [2.24, 2.45) is 0 Å². The number of aliphatic hydroxyl groups is 3. The van der Waals surface area contributed by atoms with Crippen molar-refractivity contribution in [3.05, 3.63) is 95.9 Å². The van der Waals surface area contributed by atoms with Crippen LogP contribution in [0, 0.1) is 13.8 Å². The van der Waals surface area contributed by atoms with Gasteiger partial charge in [0.05, 0.1) is 30.0 Å². The fourth-order valence-corrected chi connectivity index (χ4v) is 8.24. The van der Waals surface area contributed by atoms with Crippen LogP contribution in [0.5, 0.6) is 11.8 Å². The van der Waals surface area contributed by atoms with E-state index >= 15 is 0 Å². The zero-order valence-corrected chi connectivity index (χ0v) is 29.4. The van der Waals surface area contributed by atoms with Gasteiger partial charge in [0, 0.05) is 18.0 Å². The highest BCUT2D eigenvalue weighted by Crippen LogP contribution is 2.34. The first kappa shape index (κ1) is 35.3. The average Bonchev–Trinajstić information content (AvgIpc) is 3.78. The third-order valence-electron chi connectivity index (χ3n) is 8.74. The number of ether oxygens (including phenoxy) is 2. The molecular formula is C34H34N6O10S2. The second kappa shape index (κ2) is 13.5. The van der Waals surface area contributed by atoms with Gasteiger partial charge in [0.1, 0.15) is 29.0 Å². The van der Waals surface area contributed by atoms with E-state index in [2.05, 4.69) is 15.0 Å². The van der Waals surface area contributed by atoms with Crippen molar-refractivity contribution in [1.82, 2.24) is 23.5 Å². The molecule has 1 saturated heterocycles. The molecule has 4 atom stereocenters. The van der Waals surface area contributed by atoms with Crippen molar-refractivity contribution >= 4 is 48.0 Å². The summed E-state index contributed by atoms with van der Waals surface area (Å²) in [5.74, 6) is -0.0664. The van der Waals surface area contributed by atoms with Crippen LogP contribution in [0.1, 0.15) is 22.9 Å². The van der Waals surface area contributed by atoms with E-state index in [9.17, 15) is 32.2 Å². The standard InChI is InChI=1S/C34H34N6O10S2/c1-19-3-8-23(9-4-19)51(44,45)40-16-21(25-15-22(7-12-26(25)40)50-52(46,47)24-10-5-20(2)6-11-24)13-14-48-34-37-31(35)28-32(38-34)39(18-36-28)33-30(43)29(42)27(17-41)49-33/h3-12,15-16,18,27,29-30,33,41-43H,13-14,17H2,1-2H3,(H2,35,37,38)/t27-,29-,30-,33-/m1/s1. The Bertz CT molecular complexity index is 2500. The van der Waals surface area contributed by atoms with E-state index < -0.39 is 51.3 Å². The van der Waals surface area contributed by atoms with Crippen molar-refractivity contribution in [3.8, 4) is 11.8 Å². The number of aromatic nitrogens is 5. The van der Waals surface area contributed by atoms with Gasteiger partial charge in [-0.2, -0.15) is 18.4 Å². The van der Waals surface area contributed by atoms with E-state index in [0.717, 1.165) is 15.1 Å². The third-order valence-corrected chi connectivity index (χ3v) is 11.7. The number of rotatable bonds is 11. The average molecular weight is 751 g/mol. The van der Waals surface area contributed by atoms with Gasteiger partial charge in [0.15, 0.2) is 23.2 Å². The lowest BCUT2D eigenvalue weighted by Crippen LogP contribution is -2.33. The van der Waals surface area contributed by atoms with Crippen LogP contribution in [0.4, 0.5) is 5.82 Å². The summed E-state index contributed by atoms with van der Waals surface area (Å²) in [4.78, 5) is 12.8. The normalized spacial score (nSPS) is 19.4. The molecule has 1 aliphatic heterocycles. The van der Waals surface area contributed by atoms with Gasteiger partial charge in [0.25, 0.3) is 10.0 Å². The van der Waals surface area contributed by atoms with E-state index in [1.165, 1.54) is 59.6 Å². The number of benzene rings is 3. The molecule has 0 saturated carbocycles. The minimum Gasteiger partial charge on any atom is -0.463 e. The Morgan fingerprint density at radius 1 is 0.904 bits per heavy atom. The second-order valence-electron chi connectivity index (χ2n) is 12.3. The first-order valence-corrected chi connectivity index (χ1v) is 18.8. The molecule has 6 aromatic rings. The summed E-state index contributed by atoms with van der Waals surface area (Å²) in [7, 11) is -8.29. The molecule has 0 aliphatic carbocycles. The molecule has 1 aliphatic rings. The minimum atomic E-state index is -4.21. The van der Waals surface area contributed by atoms with Gasteiger partial charge in [-0.1, -0.05) is 35.4 Å². The Morgan fingerprint density at radius 3 is 2.23 bits per heavy atom. The van der Waals surface area contributed by atoms with Gasteiger partial charge in [-0.15, -0.1) is 0 Å². The van der Waals surface area contributed by atoms with Gasteiger partial charge >= 0.3 is 16.1 Å². The van der Waals surface area contributed by atoms with Crippen LogP contribution in [0.25, 0.3) is 22.1 Å². The maximum Gasteiger partial charge on any atom is 0.339 e. The Hall–Kier alpha value is -5.11. The molecule has 3 aromatic carbocycles. The summed E-state index contributed by atoms with van der Waals surface area (Å²) >= 11 is 0. The van der Waals surface area contributed by atoms with Crippen LogP contribution in [0.15, 0.2) is 89.0 Å². The smallest absolute Gasteiger partial charge is 0.339 e. The van der Waals surface area contributed by atoms with E-state index in [-0.39, 0.29) is 57.1 Å². The molecule has 5 N–H and O–H groups in total. The van der Waals surface area contributed by atoms with Crippen LogP contribution in [-0.4, -0.2) is 87.2 Å². The number of aliphatic hydroxyl groups excluding tert-OH is 3. The van der Waals surface area contributed by atoms with Gasteiger partial charge < -0.3 is 34.7 Å². The lowest BCUT2D eigenvalue weighted by molar-refractivity contribution is -0.0511. The molecule has 0 spiro atoms. The molecule has 0 amide bonds. The Labute approximate surface area is 297 Å². The Balaban J connectivity index is 1.20. The molecule has 7 rings (SSSR count). The molecular weight excluding hydrogens is 717 g/mol. The highest BCUT2D eigenvalue weighted by atomic mass is 32.2. The number of nitrogen functional groups attached to an aromatic ring is 1.